The third-order valence-electron chi connectivity index (χ3n) is 2.72. The number of rotatable bonds is 4. The van der Waals surface area contributed by atoms with Crippen LogP contribution in [0.25, 0.3) is 0 Å². The molecule has 0 fully saturated rings. The molecule has 0 aliphatic heterocycles. The van der Waals surface area contributed by atoms with E-state index in [0.717, 1.165) is 23.0 Å². The first-order valence-electron chi connectivity index (χ1n) is 5.40. The number of aldehydes is 1. The minimum absolute atomic E-state index is 0.216. The Morgan fingerprint density at radius 1 is 1.06 bits per heavy atom. The van der Waals surface area contributed by atoms with Crippen LogP contribution in [-0.2, 0) is 10.5 Å². The lowest BCUT2D eigenvalue weighted by Crippen LogP contribution is -2.02. The number of nitrogens with zero attached hydrogens (tertiary/aromatic N) is 1. The van der Waals surface area contributed by atoms with E-state index in [1.807, 2.05) is 36.4 Å². The molecule has 0 spiro atoms. The van der Waals surface area contributed by atoms with E-state index in [4.69, 9.17) is 0 Å². The molecule has 1 heterocycles. The molecule has 0 radical (unpaired) electrons. The van der Waals surface area contributed by atoms with Crippen LogP contribution in [0.4, 0.5) is 0 Å². The number of hydrogen-bond acceptors (Lipinski definition) is 3. The first-order chi connectivity index (χ1) is 8.35. The maximum absolute atomic E-state index is 11.2. The van der Waals surface area contributed by atoms with Crippen molar-refractivity contribution in [2.75, 3.05) is 0 Å². The third kappa shape index (κ3) is 2.74. The molecule has 2 aromatic rings. The molecule has 0 saturated heterocycles. The summed E-state index contributed by atoms with van der Waals surface area (Å²) in [6.07, 6.45) is 4.37. The molecule has 1 aromatic heterocycles. The minimum Gasteiger partial charge on any atom is -0.302 e. The normalized spacial score (nSPS) is 12.1. The van der Waals surface area contributed by atoms with Gasteiger partial charge < -0.3 is 4.79 Å². The SMILES string of the molecule is O=CC(c1ccncc1)c1ccc(CS)cc1. The van der Waals surface area contributed by atoms with Gasteiger partial charge >= 0.3 is 0 Å². The molecule has 1 atom stereocenters. The van der Waals surface area contributed by atoms with Crippen LogP contribution in [0, 0.1) is 0 Å². The Kier molecular flexibility index (Phi) is 3.94. The number of carbonyl (C=O) groups excluding carboxylic acids is 1. The molecule has 1 aromatic carbocycles. The van der Waals surface area contributed by atoms with Crippen molar-refractivity contribution in [2.45, 2.75) is 11.7 Å². The van der Waals surface area contributed by atoms with Crippen molar-refractivity contribution in [3.63, 3.8) is 0 Å². The number of aromatic nitrogens is 1. The van der Waals surface area contributed by atoms with Gasteiger partial charge in [0, 0.05) is 18.1 Å². The zero-order valence-corrected chi connectivity index (χ0v) is 10.2. The van der Waals surface area contributed by atoms with Crippen LogP contribution in [0.3, 0.4) is 0 Å². The van der Waals surface area contributed by atoms with Gasteiger partial charge in [-0.3, -0.25) is 4.98 Å². The van der Waals surface area contributed by atoms with Crippen molar-refractivity contribution in [3.05, 3.63) is 65.5 Å². The average molecular weight is 243 g/mol. The van der Waals surface area contributed by atoms with Crippen LogP contribution in [-0.4, -0.2) is 11.3 Å². The van der Waals surface area contributed by atoms with E-state index < -0.39 is 0 Å². The molecule has 3 heteroatoms. The zero-order chi connectivity index (χ0) is 12.1. The van der Waals surface area contributed by atoms with Crippen molar-refractivity contribution >= 4 is 18.9 Å². The van der Waals surface area contributed by atoms with Gasteiger partial charge in [0.2, 0.25) is 0 Å². The molecule has 0 aliphatic rings. The lowest BCUT2D eigenvalue weighted by Gasteiger charge is -2.11. The lowest BCUT2D eigenvalue weighted by molar-refractivity contribution is -0.108. The molecule has 0 amide bonds. The number of benzene rings is 1. The Morgan fingerprint density at radius 3 is 2.18 bits per heavy atom. The van der Waals surface area contributed by atoms with E-state index in [-0.39, 0.29) is 5.92 Å². The molecule has 0 N–H and O–H groups in total. The highest BCUT2D eigenvalue weighted by molar-refractivity contribution is 7.79. The Morgan fingerprint density at radius 2 is 1.65 bits per heavy atom. The summed E-state index contributed by atoms with van der Waals surface area (Å²) in [5, 5.41) is 0. The Hall–Kier alpha value is -1.61. The van der Waals surface area contributed by atoms with Crippen molar-refractivity contribution in [1.29, 1.82) is 0 Å². The Labute approximate surface area is 106 Å². The summed E-state index contributed by atoms with van der Waals surface area (Å²) in [6.45, 7) is 0. The highest BCUT2D eigenvalue weighted by atomic mass is 32.1. The first-order valence-corrected chi connectivity index (χ1v) is 6.03. The van der Waals surface area contributed by atoms with Crippen LogP contribution in [0.2, 0.25) is 0 Å². The van der Waals surface area contributed by atoms with E-state index >= 15 is 0 Å². The summed E-state index contributed by atoms with van der Waals surface area (Å²) in [6, 6.07) is 11.7. The van der Waals surface area contributed by atoms with Gasteiger partial charge in [-0.05, 0) is 28.8 Å². The van der Waals surface area contributed by atoms with Crippen LogP contribution in [0.15, 0.2) is 48.8 Å². The second-order valence-corrected chi connectivity index (χ2v) is 4.11. The molecule has 2 nitrogen and oxygen atoms in total. The molecule has 2 rings (SSSR count). The highest BCUT2D eigenvalue weighted by Gasteiger charge is 2.12. The van der Waals surface area contributed by atoms with Crippen molar-refractivity contribution in [1.82, 2.24) is 4.98 Å². The number of carbonyl (C=O) groups is 1. The molecular weight excluding hydrogens is 230 g/mol. The third-order valence-corrected chi connectivity index (χ3v) is 3.09. The fraction of sp³-hybridized carbons (Fsp3) is 0.143. The molecule has 17 heavy (non-hydrogen) atoms. The molecule has 0 saturated carbocycles. The maximum atomic E-state index is 11.2. The fourth-order valence-corrected chi connectivity index (χ4v) is 1.96. The Bertz CT molecular complexity index is 481. The van der Waals surface area contributed by atoms with Crippen molar-refractivity contribution < 1.29 is 4.79 Å². The number of pyridine rings is 1. The van der Waals surface area contributed by atoms with Crippen LogP contribution in [0.1, 0.15) is 22.6 Å². The van der Waals surface area contributed by atoms with E-state index in [1.165, 1.54) is 0 Å². The first kappa shape index (κ1) is 11.9. The molecule has 86 valence electrons. The van der Waals surface area contributed by atoms with E-state index in [1.54, 1.807) is 12.4 Å². The van der Waals surface area contributed by atoms with E-state index in [2.05, 4.69) is 17.6 Å². The van der Waals surface area contributed by atoms with Crippen LogP contribution < -0.4 is 0 Å². The van der Waals surface area contributed by atoms with Gasteiger partial charge in [0.1, 0.15) is 6.29 Å². The summed E-state index contributed by atoms with van der Waals surface area (Å²) in [5.41, 5.74) is 3.11. The van der Waals surface area contributed by atoms with Crippen LogP contribution in [0.5, 0.6) is 0 Å². The average Bonchev–Trinajstić information content (AvgIpc) is 2.42. The van der Waals surface area contributed by atoms with Gasteiger partial charge in [-0.1, -0.05) is 24.3 Å². The van der Waals surface area contributed by atoms with Crippen molar-refractivity contribution in [3.8, 4) is 0 Å². The topological polar surface area (TPSA) is 30.0 Å². The predicted molar refractivity (Wildman–Crippen MR) is 71.3 cm³/mol. The lowest BCUT2D eigenvalue weighted by atomic mass is 9.93. The standard InChI is InChI=1S/C14H13NOS/c16-9-14(13-5-7-15-8-6-13)12-3-1-11(10-17)2-4-12/h1-9,14,17H,10H2. The number of thiol groups is 1. The summed E-state index contributed by atoms with van der Waals surface area (Å²) < 4.78 is 0. The summed E-state index contributed by atoms with van der Waals surface area (Å²) in [5.74, 6) is 0.494. The van der Waals surface area contributed by atoms with Gasteiger partial charge in [0.25, 0.3) is 0 Å². The smallest absolute Gasteiger partial charge is 0.131 e. The highest BCUT2D eigenvalue weighted by Crippen LogP contribution is 2.22. The monoisotopic (exact) mass is 243 g/mol. The molecule has 0 aliphatic carbocycles. The van der Waals surface area contributed by atoms with Crippen LogP contribution >= 0.6 is 12.6 Å². The van der Waals surface area contributed by atoms with E-state index in [9.17, 15) is 4.79 Å². The van der Waals surface area contributed by atoms with Gasteiger partial charge in [0.05, 0.1) is 5.92 Å². The van der Waals surface area contributed by atoms with Crippen molar-refractivity contribution in [2.24, 2.45) is 0 Å². The fourth-order valence-electron chi connectivity index (χ4n) is 1.75. The minimum atomic E-state index is -0.216. The maximum Gasteiger partial charge on any atom is 0.131 e. The largest absolute Gasteiger partial charge is 0.302 e. The van der Waals surface area contributed by atoms with Gasteiger partial charge in [0.15, 0.2) is 0 Å². The predicted octanol–water partition coefficient (Wildman–Crippen LogP) is 2.84. The van der Waals surface area contributed by atoms with Gasteiger partial charge in [-0.15, -0.1) is 0 Å². The molecule has 1 unspecified atom stereocenters. The summed E-state index contributed by atoms with van der Waals surface area (Å²) in [4.78, 5) is 15.2. The zero-order valence-electron chi connectivity index (χ0n) is 9.28. The molecule has 0 bridgehead atoms. The van der Waals surface area contributed by atoms with Gasteiger partial charge in [-0.2, -0.15) is 12.6 Å². The Balaban J connectivity index is 2.32. The summed E-state index contributed by atoms with van der Waals surface area (Å²) in [7, 11) is 0. The number of hydrogen-bond donors (Lipinski definition) is 1. The summed E-state index contributed by atoms with van der Waals surface area (Å²) >= 11 is 4.21. The van der Waals surface area contributed by atoms with Gasteiger partial charge in [-0.25, -0.2) is 0 Å². The molecular formula is C14H13NOS. The van der Waals surface area contributed by atoms with E-state index in [0.29, 0.717) is 5.75 Å². The second-order valence-electron chi connectivity index (χ2n) is 3.79. The quantitative estimate of drug-likeness (QED) is 0.661. The second kappa shape index (κ2) is 5.64.